The van der Waals surface area contributed by atoms with Crippen molar-refractivity contribution in [1.29, 1.82) is 0 Å². The minimum atomic E-state index is -2.46. The molecule has 0 spiro atoms. The Morgan fingerprint density at radius 3 is 1.78 bits per heavy atom. The van der Waals surface area contributed by atoms with Crippen LogP contribution < -0.4 is 10.4 Å². The second-order valence-electron chi connectivity index (χ2n) is 11.3. The molecule has 0 bridgehead atoms. The fourth-order valence-corrected chi connectivity index (χ4v) is 8.92. The van der Waals surface area contributed by atoms with Crippen molar-refractivity contribution >= 4 is 24.8 Å². The first kappa shape index (κ1) is 29.7. The first-order chi connectivity index (χ1) is 17.0. The van der Waals surface area contributed by atoms with Gasteiger partial charge in [0.25, 0.3) is 8.32 Å². The zero-order valence-electron chi connectivity index (χ0n) is 23.4. The lowest BCUT2D eigenvalue weighted by Gasteiger charge is -2.43. The SMILES string of the molecule is CN(CCCCC#CCCCO[Si](c1ccccc1)(c1ccccc1)C(C)(C)C)C(=O)OC(C)(C)C. The van der Waals surface area contributed by atoms with Gasteiger partial charge in [-0.1, -0.05) is 81.4 Å². The Kier molecular flexibility index (Phi) is 11.3. The number of benzene rings is 2. The maximum Gasteiger partial charge on any atom is 0.410 e. The summed E-state index contributed by atoms with van der Waals surface area (Å²) < 4.78 is 12.3. The molecular weight excluding hydrogens is 462 g/mol. The van der Waals surface area contributed by atoms with Crippen LogP contribution in [0.4, 0.5) is 4.79 Å². The molecule has 5 heteroatoms. The van der Waals surface area contributed by atoms with Crippen molar-refractivity contribution in [3.8, 4) is 11.8 Å². The molecule has 0 aliphatic heterocycles. The Bertz CT molecular complexity index is 942. The van der Waals surface area contributed by atoms with Gasteiger partial charge in [0.05, 0.1) is 0 Å². The molecule has 4 nitrogen and oxygen atoms in total. The van der Waals surface area contributed by atoms with Crippen LogP contribution in [0.1, 0.15) is 73.6 Å². The molecule has 0 aliphatic carbocycles. The third-order valence-corrected chi connectivity index (χ3v) is 11.1. The Morgan fingerprint density at radius 1 is 0.806 bits per heavy atom. The first-order valence-electron chi connectivity index (χ1n) is 13.1. The Labute approximate surface area is 220 Å². The van der Waals surface area contributed by atoms with Gasteiger partial charge in [0.1, 0.15) is 5.60 Å². The van der Waals surface area contributed by atoms with E-state index in [1.165, 1.54) is 10.4 Å². The summed E-state index contributed by atoms with van der Waals surface area (Å²) in [5.41, 5.74) is -0.461. The van der Waals surface area contributed by atoms with Gasteiger partial charge in [0, 0.05) is 33.0 Å². The average Bonchev–Trinajstić information content (AvgIpc) is 2.82. The maximum atomic E-state index is 12.0. The number of nitrogens with zero attached hydrogens (tertiary/aromatic N) is 1. The minimum Gasteiger partial charge on any atom is -0.444 e. The number of hydrogen-bond donors (Lipinski definition) is 0. The summed E-state index contributed by atoms with van der Waals surface area (Å²) in [6, 6.07) is 21.5. The van der Waals surface area contributed by atoms with Gasteiger partial charge in [-0.3, -0.25) is 0 Å². The zero-order chi connectivity index (χ0) is 26.7. The normalized spacial score (nSPS) is 12.0. The van der Waals surface area contributed by atoms with Crippen LogP contribution in [0.2, 0.25) is 5.04 Å². The molecule has 0 saturated heterocycles. The molecule has 1 amide bonds. The van der Waals surface area contributed by atoms with E-state index < -0.39 is 13.9 Å². The fourth-order valence-electron chi connectivity index (χ4n) is 4.32. The number of amides is 1. The molecule has 2 aromatic carbocycles. The first-order valence-corrected chi connectivity index (χ1v) is 15.0. The largest absolute Gasteiger partial charge is 0.444 e. The second kappa shape index (κ2) is 13.7. The summed E-state index contributed by atoms with van der Waals surface area (Å²) in [5, 5.41) is 2.62. The lowest BCUT2D eigenvalue weighted by molar-refractivity contribution is 0.0296. The summed E-state index contributed by atoms with van der Waals surface area (Å²) in [6.07, 6.45) is 4.21. The van der Waals surface area contributed by atoms with Crippen molar-refractivity contribution in [3.05, 3.63) is 60.7 Å². The van der Waals surface area contributed by atoms with E-state index in [0.29, 0.717) is 13.2 Å². The number of carbonyl (C=O) groups is 1. The van der Waals surface area contributed by atoms with Gasteiger partial charge in [-0.25, -0.2) is 4.79 Å². The number of unbranched alkanes of at least 4 members (excludes halogenated alkanes) is 3. The molecule has 0 aromatic heterocycles. The molecule has 0 fully saturated rings. The lowest BCUT2D eigenvalue weighted by atomic mass is 10.2. The zero-order valence-corrected chi connectivity index (χ0v) is 24.4. The van der Waals surface area contributed by atoms with Gasteiger partial charge in [-0.05, 0) is 55.4 Å². The van der Waals surface area contributed by atoms with Crippen LogP contribution in [-0.4, -0.2) is 45.1 Å². The molecule has 0 radical (unpaired) electrons. The van der Waals surface area contributed by atoms with Crippen LogP contribution in [0, 0.1) is 11.8 Å². The molecule has 0 aliphatic rings. The average molecular weight is 508 g/mol. The van der Waals surface area contributed by atoms with E-state index >= 15 is 0 Å². The summed E-state index contributed by atoms with van der Waals surface area (Å²) in [4.78, 5) is 13.6. The highest BCUT2D eigenvalue weighted by Gasteiger charge is 2.49. The Balaban J connectivity index is 1.86. The molecule has 0 heterocycles. The van der Waals surface area contributed by atoms with E-state index in [1.807, 2.05) is 20.8 Å². The van der Waals surface area contributed by atoms with Crippen molar-refractivity contribution in [1.82, 2.24) is 4.90 Å². The van der Waals surface area contributed by atoms with Crippen molar-refractivity contribution in [2.45, 2.75) is 84.3 Å². The van der Waals surface area contributed by atoms with E-state index in [2.05, 4.69) is 93.3 Å². The van der Waals surface area contributed by atoms with Gasteiger partial charge >= 0.3 is 6.09 Å². The Hall–Kier alpha value is -2.55. The summed E-state index contributed by atoms with van der Waals surface area (Å²) in [6.45, 7) is 13.9. The number of rotatable bonds is 10. The van der Waals surface area contributed by atoms with Crippen molar-refractivity contribution in [2.24, 2.45) is 0 Å². The number of ether oxygens (including phenoxy) is 1. The molecule has 36 heavy (non-hydrogen) atoms. The highest BCUT2D eigenvalue weighted by atomic mass is 28.4. The van der Waals surface area contributed by atoms with Crippen LogP contribution in [0.25, 0.3) is 0 Å². The molecule has 0 unspecified atom stereocenters. The predicted molar refractivity (Wildman–Crippen MR) is 153 cm³/mol. The summed E-state index contributed by atoms with van der Waals surface area (Å²) >= 11 is 0. The monoisotopic (exact) mass is 507 g/mol. The van der Waals surface area contributed by atoms with Crippen LogP contribution in [0.5, 0.6) is 0 Å². The van der Waals surface area contributed by atoms with Gasteiger partial charge in [-0.15, -0.1) is 11.8 Å². The lowest BCUT2D eigenvalue weighted by Crippen LogP contribution is -2.66. The fraction of sp³-hybridized carbons (Fsp3) is 0.516. The molecule has 2 aromatic rings. The van der Waals surface area contributed by atoms with Crippen LogP contribution in [-0.2, 0) is 9.16 Å². The van der Waals surface area contributed by atoms with Crippen LogP contribution in [0.3, 0.4) is 0 Å². The highest BCUT2D eigenvalue weighted by Crippen LogP contribution is 2.36. The van der Waals surface area contributed by atoms with E-state index in [0.717, 1.165) is 32.1 Å². The van der Waals surface area contributed by atoms with E-state index in [-0.39, 0.29) is 11.1 Å². The van der Waals surface area contributed by atoms with Crippen molar-refractivity contribution in [3.63, 3.8) is 0 Å². The second-order valence-corrected chi connectivity index (χ2v) is 15.6. The summed E-state index contributed by atoms with van der Waals surface area (Å²) in [5.74, 6) is 6.60. The molecule has 2 rings (SSSR count). The van der Waals surface area contributed by atoms with E-state index in [4.69, 9.17) is 9.16 Å². The number of carbonyl (C=O) groups excluding carboxylic acids is 1. The van der Waals surface area contributed by atoms with Gasteiger partial charge in [-0.2, -0.15) is 0 Å². The van der Waals surface area contributed by atoms with Gasteiger partial charge in [0.2, 0.25) is 0 Å². The molecular formula is C31H45NO3Si. The van der Waals surface area contributed by atoms with E-state index in [9.17, 15) is 4.79 Å². The topological polar surface area (TPSA) is 38.8 Å². The Morgan fingerprint density at radius 2 is 1.31 bits per heavy atom. The standard InChI is InChI=1S/C31H45NO3Si/c1-30(2,3)35-29(33)32(7)25-19-11-9-8-10-12-20-26-34-36(31(4,5)6,27-21-15-13-16-22-27)28-23-17-14-18-24-28/h13-18,21-24H,9,11-12,19-20,25-26H2,1-7H3. The molecule has 196 valence electrons. The quantitative estimate of drug-likeness (QED) is 0.213. The smallest absolute Gasteiger partial charge is 0.410 e. The van der Waals surface area contributed by atoms with Gasteiger partial charge < -0.3 is 14.1 Å². The van der Waals surface area contributed by atoms with Crippen LogP contribution in [0.15, 0.2) is 60.7 Å². The van der Waals surface area contributed by atoms with Crippen molar-refractivity contribution in [2.75, 3.05) is 20.2 Å². The third kappa shape index (κ3) is 8.83. The predicted octanol–water partition coefficient (Wildman–Crippen LogP) is 6.38. The van der Waals surface area contributed by atoms with Crippen LogP contribution >= 0.6 is 0 Å². The summed E-state index contributed by atoms with van der Waals surface area (Å²) in [7, 11) is -0.678. The minimum absolute atomic E-state index is 0.00610. The highest BCUT2D eigenvalue weighted by molar-refractivity contribution is 6.99. The number of hydrogen-bond acceptors (Lipinski definition) is 3. The third-order valence-electron chi connectivity index (χ3n) is 6.06. The maximum absolute atomic E-state index is 12.0. The molecule has 0 N–H and O–H groups in total. The van der Waals surface area contributed by atoms with E-state index in [1.54, 1.807) is 11.9 Å². The molecule has 0 saturated carbocycles. The molecule has 0 atom stereocenters. The van der Waals surface area contributed by atoms with Gasteiger partial charge in [0.15, 0.2) is 0 Å². The van der Waals surface area contributed by atoms with Crippen molar-refractivity contribution < 1.29 is 14.0 Å².